The molecule has 1 heteroatoms. The van der Waals surface area contributed by atoms with Crippen molar-refractivity contribution in [1.82, 2.24) is 0 Å². The molecule has 0 aliphatic rings. The third kappa shape index (κ3) is 8.14. The van der Waals surface area contributed by atoms with Crippen LogP contribution in [-0.2, 0) is 0 Å². The van der Waals surface area contributed by atoms with Crippen LogP contribution in [-0.4, -0.2) is 5.11 Å². The van der Waals surface area contributed by atoms with Gasteiger partial charge in [-0.15, -0.1) is 0 Å². The van der Waals surface area contributed by atoms with E-state index in [2.05, 4.69) is 26.0 Å². The van der Waals surface area contributed by atoms with Gasteiger partial charge in [-0.25, -0.2) is 0 Å². The quantitative estimate of drug-likeness (QED) is 0.419. The van der Waals surface area contributed by atoms with Crippen molar-refractivity contribution in [2.24, 2.45) is 0 Å². The molecule has 1 N–H and O–H groups in total. The predicted molar refractivity (Wildman–Crippen MR) is 93.0 cm³/mol. The molecular formula is C20H34O. The highest BCUT2D eigenvalue weighted by molar-refractivity contribution is 5.28. The highest BCUT2D eigenvalue weighted by atomic mass is 16.3. The summed E-state index contributed by atoms with van der Waals surface area (Å²) in [4.78, 5) is 0. The first-order valence-electron chi connectivity index (χ1n) is 9.06. The van der Waals surface area contributed by atoms with Gasteiger partial charge in [-0.05, 0) is 36.5 Å². The van der Waals surface area contributed by atoms with Crippen LogP contribution in [0.5, 0.6) is 5.75 Å². The molecule has 1 atom stereocenters. The first-order chi connectivity index (χ1) is 10.3. The summed E-state index contributed by atoms with van der Waals surface area (Å²) in [7, 11) is 0. The van der Waals surface area contributed by atoms with E-state index >= 15 is 0 Å². The second-order valence-electron chi connectivity index (χ2n) is 6.34. The molecule has 1 aromatic carbocycles. The smallest absolute Gasteiger partial charge is 0.115 e. The highest BCUT2D eigenvalue weighted by Crippen LogP contribution is 2.29. The van der Waals surface area contributed by atoms with E-state index in [1.165, 1.54) is 76.2 Å². The molecule has 0 aromatic heterocycles. The zero-order valence-electron chi connectivity index (χ0n) is 14.1. The summed E-state index contributed by atoms with van der Waals surface area (Å²) in [6.45, 7) is 4.54. The molecule has 0 aliphatic carbocycles. The standard InChI is InChI=1S/C20H34O/c1-3-5-7-8-9-10-11-13-18(12-6-4-2)19-14-16-20(21)17-15-19/h14-18,21H,3-13H2,1-2H3. The summed E-state index contributed by atoms with van der Waals surface area (Å²) < 4.78 is 0. The van der Waals surface area contributed by atoms with Gasteiger partial charge in [0.05, 0.1) is 0 Å². The fraction of sp³-hybridized carbons (Fsp3) is 0.700. The molecule has 21 heavy (non-hydrogen) atoms. The summed E-state index contributed by atoms with van der Waals surface area (Å²) in [5, 5.41) is 9.43. The molecule has 0 spiro atoms. The Morgan fingerprint density at radius 1 is 0.714 bits per heavy atom. The maximum Gasteiger partial charge on any atom is 0.115 e. The van der Waals surface area contributed by atoms with Gasteiger partial charge in [0.25, 0.3) is 0 Å². The van der Waals surface area contributed by atoms with Crippen LogP contribution in [0, 0.1) is 0 Å². The Balaban J connectivity index is 2.31. The summed E-state index contributed by atoms with van der Waals surface area (Å²) in [5.74, 6) is 1.06. The van der Waals surface area contributed by atoms with Gasteiger partial charge in [0, 0.05) is 0 Å². The first-order valence-corrected chi connectivity index (χ1v) is 9.06. The van der Waals surface area contributed by atoms with E-state index in [9.17, 15) is 5.11 Å². The average molecular weight is 290 g/mol. The molecule has 0 saturated carbocycles. The van der Waals surface area contributed by atoms with Gasteiger partial charge in [-0.2, -0.15) is 0 Å². The Labute approximate surface area is 131 Å². The topological polar surface area (TPSA) is 20.2 Å². The summed E-state index contributed by atoms with van der Waals surface area (Å²) in [5.41, 5.74) is 1.41. The zero-order chi connectivity index (χ0) is 15.3. The lowest BCUT2D eigenvalue weighted by Crippen LogP contribution is -1.99. The lowest BCUT2D eigenvalue weighted by atomic mass is 9.88. The minimum atomic E-state index is 0.379. The molecule has 0 amide bonds. The van der Waals surface area contributed by atoms with Crippen LogP contribution < -0.4 is 0 Å². The molecule has 120 valence electrons. The van der Waals surface area contributed by atoms with Crippen molar-refractivity contribution in [3.8, 4) is 5.75 Å². The predicted octanol–water partition coefficient (Wildman–Crippen LogP) is 6.81. The molecule has 1 unspecified atom stereocenters. The number of benzene rings is 1. The van der Waals surface area contributed by atoms with Gasteiger partial charge in [0.15, 0.2) is 0 Å². The third-order valence-corrected chi connectivity index (χ3v) is 4.43. The van der Waals surface area contributed by atoms with Crippen molar-refractivity contribution >= 4 is 0 Å². The second kappa shape index (κ2) is 11.7. The third-order valence-electron chi connectivity index (χ3n) is 4.43. The van der Waals surface area contributed by atoms with Crippen molar-refractivity contribution in [1.29, 1.82) is 0 Å². The minimum Gasteiger partial charge on any atom is -0.508 e. The van der Waals surface area contributed by atoms with E-state index in [0.717, 1.165) is 0 Å². The average Bonchev–Trinajstić information content (AvgIpc) is 2.50. The molecule has 1 rings (SSSR count). The normalized spacial score (nSPS) is 12.5. The lowest BCUT2D eigenvalue weighted by Gasteiger charge is -2.17. The van der Waals surface area contributed by atoms with Gasteiger partial charge in [-0.3, -0.25) is 0 Å². The highest BCUT2D eigenvalue weighted by Gasteiger charge is 2.10. The molecule has 0 heterocycles. The Morgan fingerprint density at radius 3 is 1.86 bits per heavy atom. The van der Waals surface area contributed by atoms with E-state index in [4.69, 9.17) is 0 Å². The van der Waals surface area contributed by atoms with Crippen LogP contribution in [0.2, 0.25) is 0 Å². The molecule has 0 aliphatic heterocycles. The van der Waals surface area contributed by atoms with E-state index in [0.29, 0.717) is 11.7 Å². The van der Waals surface area contributed by atoms with Crippen LogP contribution in [0.1, 0.15) is 96.0 Å². The lowest BCUT2D eigenvalue weighted by molar-refractivity contribution is 0.472. The largest absolute Gasteiger partial charge is 0.508 e. The van der Waals surface area contributed by atoms with Crippen LogP contribution >= 0.6 is 0 Å². The van der Waals surface area contributed by atoms with E-state index < -0.39 is 0 Å². The van der Waals surface area contributed by atoms with Crippen molar-refractivity contribution in [2.75, 3.05) is 0 Å². The van der Waals surface area contributed by atoms with Crippen molar-refractivity contribution in [3.05, 3.63) is 29.8 Å². The number of hydrogen-bond acceptors (Lipinski definition) is 1. The van der Waals surface area contributed by atoms with Gasteiger partial charge in [0.1, 0.15) is 5.75 Å². The van der Waals surface area contributed by atoms with Gasteiger partial charge in [-0.1, -0.05) is 83.8 Å². The minimum absolute atomic E-state index is 0.379. The fourth-order valence-corrected chi connectivity index (χ4v) is 3.02. The van der Waals surface area contributed by atoms with Gasteiger partial charge < -0.3 is 5.11 Å². The van der Waals surface area contributed by atoms with Crippen LogP contribution in [0.15, 0.2) is 24.3 Å². The van der Waals surface area contributed by atoms with E-state index in [1.807, 2.05) is 12.1 Å². The summed E-state index contributed by atoms with van der Waals surface area (Å²) in [6, 6.07) is 7.88. The summed E-state index contributed by atoms with van der Waals surface area (Å²) >= 11 is 0. The molecule has 0 saturated heterocycles. The molecule has 0 bridgehead atoms. The van der Waals surface area contributed by atoms with Crippen LogP contribution in [0.4, 0.5) is 0 Å². The number of phenolic OH excluding ortho intramolecular Hbond substituents is 1. The van der Waals surface area contributed by atoms with Gasteiger partial charge >= 0.3 is 0 Å². The first kappa shape index (κ1) is 18.1. The van der Waals surface area contributed by atoms with E-state index in [-0.39, 0.29) is 0 Å². The monoisotopic (exact) mass is 290 g/mol. The number of unbranched alkanes of at least 4 members (excludes halogenated alkanes) is 7. The Morgan fingerprint density at radius 2 is 1.24 bits per heavy atom. The van der Waals surface area contributed by atoms with Crippen LogP contribution in [0.3, 0.4) is 0 Å². The van der Waals surface area contributed by atoms with Crippen molar-refractivity contribution in [2.45, 2.75) is 90.4 Å². The van der Waals surface area contributed by atoms with Crippen LogP contribution in [0.25, 0.3) is 0 Å². The molecular weight excluding hydrogens is 256 g/mol. The molecule has 1 nitrogen and oxygen atoms in total. The number of phenols is 1. The number of hydrogen-bond donors (Lipinski definition) is 1. The number of rotatable bonds is 12. The Bertz CT molecular complexity index is 341. The number of aromatic hydroxyl groups is 1. The van der Waals surface area contributed by atoms with Gasteiger partial charge in [0.2, 0.25) is 0 Å². The van der Waals surface area contributed by atoms with E-state index in [1.54, 1.807) is 0 Å². The molecule has 1 aromatic rings. The molecule has 0 radical (unpaired) electrons. The van der Waals surface area contributed by atoms with Crippen molar-refractivity contribution < 1.29 is 5.11 Å². The second-order valence-corrected chi connectivity index (χ2v) is 6.34. The Hall–Kier alpha value is -0.980. The van der Waals surface area contributed by atoms with Crippen molar-refractivity contribution in [3.63, 3.8) is 0 Å². The SMILES string of the molecule is CCCCCCCCCC(CCCC)c1ccc(O)cc1. The summed E-state index contributed by atoms with van der Waals surface area (Å²) in [6.07, 6.45) is 14.8. The maximum atomic E-state index is 9.43. The molecule has 0 fully saturated rings. The Kier molecular flexibility index (Phi) is 10.0. The fourth-order valence-electron chi connectivity index (χ4n) is 3.02. The zero-order valence-corrected chi connectivity index (χ0v) is 14.1. The maximum absolute atomic E-state index is 9.43.